The van der Waals surface area contributed by atoms with Gasteiger partial charge in [0, 0.05) is 25.9 Å². The lowest BCUT2D eigenvalue weighted by atomic mass is 10.2. The second kappa shape index (κ2) is 5.96. The minimum Gasteiger partial charge on any atom is -0.383 e. The molecular weight excluding hydrogens is 272 g/mol. The van der Waals surface area contributed by atoms with Crippen LogP contribution in [-0.2, 0) is 4.74 Å². The number of rotatable bonds is 4. The van der Waals surface area contributed by atoms with Crippen molar-refractivity contribution in [3.05, 3.63) is 28.5 Å². The molecule has 88 valence electrons. The third kappa shape index (κ3) is 3.28. The number of halogens is 1. The second-order valence-electron chi connectivity index (χ2n) is 3.59. The average Bonchev–Trinajstić information content (AvgIpc) is 2.27. The Morgan fingerprint density at radius 2 is 2.38 bits per heavy atom. The summed E-state index contributed by atoms with van der Waals surface area (Å²) in [5.41, 5.74) is 0.618. The van der Waals surface area contributed by atoms with Crippen molar-refractivity contribution < 1.29 is 9.53 Å². The zero-order valence-corrected chi connectivity index (χ0v) is 11.2. The van der Waals surface area contributed by atoms with E-state index in [0.717, 1.165) is 0 Å². The van der Waals surface area contributed by atoms with Crippen LogP contribution in [0.2, 0.25) is 0 Å². The number of amides is 1. The van der Waals surface area contributed by atoms with Crippen molar-refractivity contribution in [3.8, 4) is 0 Å². The molecule has 0 radical (unpaired) electrons. The third-order valence-electron chi connectivity index (χ3n) is 2.36. The lowest BCUT2D eigenvalue weighted by molar-refractivity contribution is 0.0633. The molecule has 0 aromatic carbocycles. The van der Waals surface area contributed by atoms with Crippen molar-refractivity contribution >= 4 is 21.8 Å². The van der Waals surface area contributed by atoms with Crippen LogP contribution in [0.15, 0.2) is 22.9 Å². The molecule has 0 saturated heterocycles. The monoisotopic (exact) mass is 286 g/mol. The molecule has 0 fully saturated rings. The van der Waals surface area contributed by atoms with Crippen LogP contribution in [0.25, 0.3) is 0 Å². The van der Waals surface area contributed by atoms with E-state index in [-0.39, 0.29) is 11.9 Å². The van der Waals surface area contributed by atoms with Crippen LogP contribution in [0.1, 0.15) is 17.3 Å². The lowest BCUT2D eigenvalue weighted by Crippen LogP contribution is -2.37. The van der Waals surface area contributed by atoms with Crippen molar-refractivity contribution in [2.24, 2.45) is 0 Å². The Bertz CT molecular complexity index is 371. The normalized spacial score (nSPS) is 12.2. The number of nitrogens with zero attached hydrogens (tertiary/aromatic N) is 2. The van der Waals surface area contributed by atoms with Gasteiger partial charge in [-0.1, -0.05) is 0 Å². The predicted molar refractivity (Wildman–Crippen MR) is 65.4 cm³/mol. The molecule has 5 heteroatoms. The summed E-state index contributed by atoms with van der Waals surface area (Å²) >= 11 is 3.24. The smallest absolute Gasteiger partial charge is 0.254 e. The van der Waals surface area contributed by atoms with E-state index in [4.69, 9.17) is 4.74 Å². The highest BCUT2D eigenvalue weighted by Crippen LogP contribution is 2.11. The van der Waals surface area contributed by atoms with E-state index in [1.807, 2.05) is 6.92 Å². The molecule has 1 aromatic heterocycles. The van der Waals surface area contributed by atoms with E-state index in [0.29, 0.717) is 16.8 Å². The molecule has 4 nitrogen and oxygen atoms in total. The average molecular weight is 287 g/mol. The first-order chi connectivity index (χ1) is 7.56. The van der Waals surface area contributed by atoms with Crippen LogP contribution >= 0.6 is 15.9 Å². The molecule has 0 N–H and O–H groups in total. The third-order valence-corrected chi connectivity index (χ3v) is 2.80. The van der Waals surface area contributed by atoms with Gasteiger partial charge in [-0.2, -0.15) is 0 Å². The molecule has 0 spiro atoms. The van der Waals surface area contributed by atoms with Gasteiger partial charge >= 0.3 is 0 Å². The zero-order valence-electron chi connectivity index (χ0n) is 9.61. The molecule has 1 atom stereocenters. The van der Waals surface area contributed by atoms with Crippen LogP contribution in [0.3, 0.4) is 0 Å². The summed E-state index contributed by atoms with van der Waals surface area (Å²) < 4.78 is 5.68. The molecule has 0 bridgehead atoms. The van der Waals surface area contributed by atoms with Gasteiger partial charge in [-0.15, -0.1) is 0 Å². The van der Waals surface area contributed by atoms with Gasteiger partial charge in [-0.3, -0.25) is 4.79 Å². The minimum atomic E-state index is -0.0346. The van der Waals surface area contributed by atoms with Gasteiger partial charge in [0.2, 0.25) is 0 Å². The number of methoxy groups -OCH3 is 1. The highest BCUT2D eigenvalue weighted by molar-refractivity contribution is 9.10. The SMILES string of the molecule is COCC(C)N(C)C(=O)c1ccnc(Br)c1. The first-order valence-electron chi connectivity index (χ1n) is 4.94. The zero-order chi connectivity index (χ0) is 12.1. The molecule has 0 aliphatic rings. The summed E-state index contributed by atoms with van der Waals surface area (Å²) in [6.07, 6.45) is 1.60. The van der Waals surface area contributed by atoms with Crippen molar-refractivity contribution in [1.82, 2.24) is 9.88 Å². The Balaban J connectivity index is 2.77. The van der Waals surface area contributed by atoms with Gasteiger partial charge in [0.05, 0.1) is 12.6 Å². The standard InChI is InChI=1S/C11H15BrN2O2/c1-8(7-16-3)14(2)11(15)9-4-5-13-10(12)6-9/h4-6,8H,7H2,1-3H3. The van der Waals surface area contributed by atoms with Gasteiger partial charge in [-0.25, -0.2) is 4.98 Å². The van der Waals surface area contributed by atoms with E-state index in [9.17, 15) is 4.79 Å². The summed E-state index contributed by atoms with van der Waals surface area (Å²) in [5, 5.41) is 0. The molecule has 1 amide bonds. The predicted octanol–water partition coefficient (Wildman–Crippen LogP) is 1.95. The number of pyridine rings is 1. The topological polar surface area (TPSA) is 42.4 Å². The van der Waals surface area contributed by atoms with Crippen molar-refractivity contribution in [1.29, 1.82) is 0 Å². The fraction of sp³-hybridized carbons (Fsp3) is 0.455. The van der Waals surface area contributed by atoms with E-state index in [1.165, 1.54) is 0 Å². The first kappa shape index (κ1) is 13.1. The maximum Gasteiger partial charge on any atom is 0.254 e. The Morgan fingerprint density at radius 3 is 2.94 bits per heavy atom. The number of aromatic nitrogens is 1. The number of ether oxygens (including phenoxy) is 1. The number of hydrogen-bond acceptors (Lipinski definition) is 3. The fourth-order valence-electron chi connectivity index (χ4n) is 1.29. The van der Waals surface area contributed by atoms with Crippen LogP contribution in [0, 0.1) is 0 Å². The van der Waals surface area contributed by atoms with E-state index >= 15 is 0 Å². The van der Waals surface area contributed by atoms with Gasteiger partial charge < -0.3 is 9.64 Å². The number of likely N-dealkylation sites (N-methyl/N-ethyl adjacent to an activating group) is 1. The summed E-state index contributed by atoms with van der Waals surface area (Å²) in [7, 11) is 3.39. The Morgan fingerprint density at radius 1 is 1.69 bits per heavy atom. The summed E-state index contributed by atoms with van der Waals surface area (Å²) in [5.74, 6) is -0.0346. The number of carbonyl (C=O) groups is 1. The van der Waals surface area contributed by atoms with Crippen LogP contribution < -0.4 is 0 Å². The maximum absolute atomic E-state index is 12.0. The Labute approximate surface area is 104 Å². The van der Waals surface area contributed by atoms with Crippen LogP contribution in [0.5, 0.6) is 0 Å². The van der Waals surface area contributed by atoms with Crippen molar-refractivity contribution in [2.45, 2.75) is 13.0 Å². The molecule has 0 saturated carbocycles. The van der Waals surface area contributed by atoms with Crippen LogP contribution in [-0.4, -0.2) is 42.6 Å². The Kier molecular flexibility index (Phi) is 4.89. The van der Waals surface area contributed by atoms with Crippen LogP contribution in [0.4, 0.5) is 0 Å². The van der Waals surface area contributed by atoms with Gasteiger partial charge in [0.15, 0.2) is 0 Å². The molecule has 1 unspecified atom stereocenters. The quantitative estimate of drug-likeness (QED) is 0.795. The maximum atomic E-state index is 12.0. The van der Waals surface area contributed by atoms with Crippen molar-refractivity contribution in [3.63, 3.8) is 0 Å². The summed E-state index contributed by atoms with van der Waals surface area (Å²) in [6.45, 7) is 2.46. The molecule has 0 aliphatic carbocycles. The number of carbonyl (C=O) groups excluding carboxylic acids is 1. The summed E-state index contributed by atoms with van der Waals surface area (Å²) in [4.78, 5) is 17.7. The van der Waals surface area contributed by atoms with E-state index in [1.54, 1.807) is 37.4 Å². The van der Waals surface area contributed by atoms with Gasteiger partial charge in [-0.05, 0) is 35.0 Å². The second-order valence-corrected chi connectivity index (χ2v) is 4.40. The van der Waals surface area contributed by atoms with E-state index < -0.39 is 0 Å². The molecule has 1 heterocycles. The Hall–Kier alpha value is -0.940. The largest absolute Gasteiger partial charge is 0.383 e. The van der Waals surface area contributed by atoms with E-state index in [2.05, 4.69) is 20.9 Å². The fourth-order valence-corrected chi connectivity index (χ4v) is 1.66. The molecule has 1 rings (SSSR count). The first-order valence-corrected chi connectivity index (χ1v) is 5.73. The minimum absolute atomic E-state index is 0.0346. The molecule has 0 aliphatic heterocycles. The summed E-state index contributed by atoms with van der Waals surface area (Å²) in [6, 6.07) is 3.45. The highest BCUT2D eigenvalue weighted by Gasteiger charge is 2.17. The van der Waals surface area contributed by atoms with Gasteiger partial charge in [0.1, 0.15) is 4.60 Å². The van der Waals surface area contributed by atoms with Gasteiger partial charge in [0.25, 0.3) is 5.91 Å². The molecule has 16 heavy (non-hydrogen) atoms. The highest BCUT2D eigenvalue weighted by atomic mass is 79.9. The molecule has 1 aromatic rings. The number of hydrogen-bond donors (Lipinski definition) is 0. The molecular formula is C11H15BrN2O2. The van der Waals surface area contributed by atoms with Crippen molar-refractivity contribution in [2.75, 3.05) is 20.8 Å². The lowest BCUT2D eigenvalue weighted by Gasteiger charge is -2.24.